The first-order valence-corrected chi connectivity index (χ1v) is 5.19. The third-order valence-electron chi connectivity index (χ3n) is 1.83. The first kappa shape index (κ1) is 13.1. The number of hydrogen-bond donors (Lipinski definition) is 0. The van der Waals surface area contributed by atoms with Gasteiger partial charge in [0.25, 0.3) is 0 Å². The second-order valence-corrected chi connectivity index (χ2v) is 4.51. The number of hydrogen-bond acceptors (Lipinski definition) is 4. The fourth-order valence-corrected chi connectivity index (χ4v) is 1.18. The lowest BCUT2D eigenvalue weighted by Crippen LogP contribution is -2.37. The van der Waals surface area contributed by atoms with E-state index >= 15 is 0 Å². The molecule has 0 aliphatic rings. The van der Waals surface area contributed by atoms with E-state index in [0.29, 0.717) is 11.6 Å². The smallest absolute Gasteiger partial charge is 0.418 e. The van der Waals surface area contributed by atoms with Gasteiger partial charge in [-0.05, 0) is 27.7 Å². The minimum Gasteiger partial charge on any atom is -0.443 e. The van der Waals surface area contributed by atoms with Crippen LogP contribution in [0.1, 0.15) is 26.5 Å². The maximum absolute atomic E-state index is 11.9. The Labute approximate surface area is 101 Å². The number of amides is 1. The van der Waals surface area contributed by atoms with Crippen LogP contribution < -0.4 is 4.90 Å². The molecule has 0 aliphatic heterocycles. The Morgan fingerprint density at radius 3 is 2.71 bits per heavy atom. The standard InChI is InChI=1S/C12H16N2O3/c1-6-7-14(10-9(2)13-8-16-10)11(15)17-12(3,4)5/h1,8H,7H2,2-5H3. The topological polar surface area (TPSA) is 55.6 Å². The molecule has 0 saturated carbocycles. The number of ether oxygens (including phenoxy) is 1. The van der Waals surface area contributed by atoms with E-state index in [2.05, 4.69) is 10.9 Å². The summed E-state index contributed by atoms with van der Waals surface area (Å²) >= 11 is 0. The Kier molecular flexibility index (Phi) is 3.79. The van der Waals surface area contributed by atoms with Crippen molar-refractivity contribution in [1.82, 2.24) is 4.98 Å². The van der Waals surface area contributed by atoms with Gasteiger partial charge >= 0.3 is 6.09 Å². The van der Waals surface area contributed by atoms with Gasteiger partial charge in [0.05, 0.1) is 6.54 Å². The Balaban J connectivity index is 2.92. The van der Waals surface area contributed by atoms with E-state index < -0.39 is 11.7 Å². The van der Waals surface area contributed by atoms with Crippen LogP contribution in [0.2, 0.25) is 0 Å². The fraction of sp³-hybridized carbons (Fsp3) is 0.500. The zero-order valence-electron chi connectivity index (χ0n) is 10.5. The molecule has 0 aromatic carbocycles. The molecule has 0 aliphatic carbocycles. The van der Waals surface area contributed by atoms with Crippen molar-refractivity contribution in [2.75, 3.05) is 11.4 Å². The zero-order chi connectivity index (χ0) is 13.1. The minimum atomic E-state index is -0.585. The summed E-state index contributed by atoms with van der Waals surface area (Å²) in [6.45, 7) is 7.16. The van der Waals surface area contributed by atoms with Crippen molar-refractivity contribution in [3.63, 3.8) is 0 Å². The Bertz CT molecular complexity index is 437. The van der Waals surface area contributed by atoms with E-state index in [4.69, 9.17) is 15.6 Å². The normalized spacial score (nSPS) is 10.8. The van der Waals surface area contributed by atoms with Gasteiger partial charge in [0, 0.05) is 0 Å². The second-order valence-electron chi connectivity index (χ2n) is 4.51. The molecule has 0 unspecified atom stereocenters. The van der Waals surface area contributed by atoms with Crippen molar-refractivity contribution >= 4 is 12.0 Å². The summed E-state index contributed by atoms with van der Waals surface area (Å²) in [6.07, 6.45) is 5.94. The number of nitrogens with zero attached hydrogens (tertiary/aromatic N) is 2. The summed E-state index contributed by atoms with van der Waals surface area (Å²) in [4.78, 5) is 17.1. The molecule has 0 saturated heterocycles. The monoisotopic (exact) mass is 236 g/mol. The number of terminal acetylenes is 1. The van der Waals surface area contributed by atoms with Gasteiger partial charge in [0.1, 0.15) is 11.3 Å². The van der Waals surface area contributed by atoms with Crippen LogP contribution in [0.4, 0.5) is 10.7 Å². The van der Waals surface area contributed by atoms with Crippen LogP contribution in [0.5, 0.6) is 0 Å². The quantitative estimate of drug-likeness (QED) is 0.740. The van der Waals surface area contributed by atoms with Crippen LogP contribution in [0.3, 0.4) is 0 Å². The number of carbonyl (C=O) groups is 1. The summed E-state index contributed by atoms with van der Waals surface area (Å²) in [6, 6.07) is 0. The van der Waals surface area contributed by atoms with E-state index in [1.807, 2.05) is 0 Å². The predicted molar refractivity (Wildman–Crippen MR) is 63.7 cm³/mol. The third-order valence-corrected chi connectivity index (χ3v) is 1.83. The van der Waals surface area contributed by atoms with Crippen molar-refractivity contribution in [2.45, 2.75) is 33.3 Å². The number of carbonyl (C=O) groups excluding carboxylic acids is 1. The van der Waals surface area contributed by atoms with Crippen molar-refractivity contribution in [1.29, 1.82) is 0 Å². The SMILES string of the molecule is C#CCN(C(=O)OC(C)(C)C)c1ocnc1C. The molecule has 1 aromatic rings. The molecule has 0 radical (unpaired) electrons. The van der Waals surface area contributed by atoms with Gasteiger partial charge in [0.2, 0.25) is 5.88 Å². The molecule has 17 heavy (non-hydrogen) atoms. The molecule has 1 aromatic heterocycles. The molecular formula is C12H16N2O3. The molecule has 92 valence electrons. The molecule has 0 spiro atoms. The highest BCUT2D eigenvalue weighted by molar-refractivity contribution is 5.87. The summed E-state index contributed by atoms with van der Waals surface area (Å²) in [7, 11) is 0. The highest BCUT2D eigenvalue weighted by Gasteiger charge is 2.26. The lowest BCUT2D eigenvalue weighted by molar-refractivity contribution is 0.0579. The lowest BCUT2D eigenvalue weighted by Gasteiger charge is -2.24. The van der Waals surface area contributed by atoms with Gasteiger partial charge in [-0.15, -0.1) is 6.42 Å². The maximum Gasteiger partial charge on any atom is 0.418 e. The summed E-state index contributed by atoms with van der Waals surface area (Å²) < 4.78 is 10.4. The van der Waals surface area contributed by atoms with Crippen LogP contribution in [-0.4, -0.2) is 23.2 Å². The van der Waals surface area contributed by atoms with Crippen molar-refractivity contribution in [2.24, 2.45) is 0 Å². The largest absolute Gasteiger partial charge is 0.443 e. The molecular weight excluding hydrogens is 220 g/mol. The van der Waals surface area contributed by atoms with Crippen LogP contribution in [0.15, 0.2) is 10.8 Å². The highest BCUT2D eigenvalue weighted by Crippen LogP contribution is 2.20. The van der Waals surface area contributed by atoms with Crippen molar-refractivity contribution in [3.8, 4) is 12.3 Å². The molecule has 0 N–H and O–H groups in total. The molecule has 5 nitrogen and oxygen atoms in total. The van der Waals surface area contributed by atoms with E-state index in [1.54, 1.807) is 27.7 Å². The average molecular weight is 236 g/mol. The molecule has 0 bridgehead atoms. The number of oxazole rings is 1. The van der Waals surface area contributed by atoms with Crippen LogP contribution >= 0.6 is 0 Å². The first-order valence-electron chi connectivity index (χ1n) is 5.19. The molecule has 5 heteroatoms. The van der Waals surface area contributed by atoms with E-state index in [-0.39, 0.29) is 6.54 Å². The summed E-state index contributed by atoms with van der Waals surface area (Å²) in [5.41, 5.74) is 0.00353. The Morgan fingerprint density at radius 1 is 1.65 bits per heavy atom. The van der Waals surface area contributed by atoms with E-state index in [9.17, 15) is 4.79 Å². The Morgan fingerprint density at radius 2 is 2.29 bits per heavy atom. The zero-order valence-corrected chi connectivity index (χ0v) is 10.5. The predicted octanol–water partition coefficient (Wildman–Crippen LogP) is 2.36. The summed E-state index contributed by atoms with van der Waals surface area (Å²) in [5.74, 6) is 2.70. The Hall–Kier alpha value is -1.96. The van der Waals surface area contributed by atoms with Crippen molar-refractivity contribution in [3.05, 3.63) is 12.1 Å². The number of rotatable bonds is 2. The molecule has 1 rings (SSSR count). The number of aryl methyl sites for hydroxylation is 1. The molecule has 1 heterocycles. The minimum absolute atomic E-state index is 0.0744. The van der Waals surface area contributed by atoms with Gasteiger partial charge in [-0.25, -0.2) is 14.7 Å². The third kappa shape index (κ3) is 3.52. The highest BCUT2D eigenvalue weighted by atomic mass is 16.6. The van der Waals surface area contributed by atoms with Gasteiger partial charge in [-0.2, -0.15) is 0 Å². The lowest BCUT2D eigenvalue weighted by atomic mass is 10.2. The second kappa shape index (κ2) is 4.91. The molecule has 0 fully saturated rings. The van der Waals surface area contributed by atoms with Crippen LogP contribution in [-0.2, 0) is 4.74 Å². The van der Waals surface area contributed by atoms with Crippen LogP contribution in [0, 0.1) is 19.3 Å². The van der Waals surface area contributed by atoms with Gasteiger partial charge in [-0.3, -0.25) is 0 Å². The van der Waals surface area contributed by atoms with Crippen LogP contribution in [0.25, 0.3) is 0 Å². The van der Waals surface area contributed by atoms with Crippen molar-refractivity contribution < 1.29 is 13.9 Å². The molecule has 0 atom stereocenters. The molecule has 1 amide bonds. The van der Waals surface area contributed by atoms with E-state index in [1.165, 1.54) is 11.3 Å². The van der Waals surface area contributed by atoms with E-state index in [0.717, 1.165) is 0 Å². The van der Waals surface area contributed by atoms with Gasteiger partial charge in [0.15, 0.2) is 6.39 Å². The number of aromatic nitrogens is 1. The number of anilines is 1. The fourth-order valence-electron chi connectivity index (χ4n) is 1.18. The van der Waals surface area contributed by atoms with Gasteiger partial charge in [-0.1, -0.05) is 5.92 Å². The maximum atomic E-state index is 11.9. The summed E-state index contributed by atoms with van der Waals surface area (Å²) in [5, 5.41) is 0. The average Bonchev–Trinajstić information content (AvgIpc) is 2.58. The van der Waals surface area contributed by atoms with Gasteiger partial charge < -0.3 is 9.15 Å². The first-order chi connectivity index (χ1) is 7.85.